The van der Waals surface area contributed by atoms with Crippen molar-refractivity contribution >= 4 is 5.69 Å². The van der Waals surface area contributed by atoms with E-state index < -0.39 is 0 Å². The van der Waals surface area contributed by atoms with Gasteiger partial charge < -0.3 is 15.9 Å². The molecule has 3 aromatic rings. The summed E-state index contributed by atoms with van der Waals surface area (Å²) >= 11 is 0. The number of nitrogen functional groups attached to an aromatic ring is 1. The van der Waals surface area contributed by atoms with E-state index in [0.717, 1.165) is 33.4 Å². The van der Waals surface area contributed by atoms with Gasteiger partial charge in [-0.05, 0) is 64.6 Å². The van der Waals surface area contributed by atoms with E-state index in [1.807, 2.05) is 36.4 Å². The fourth-order valence-corrected chi connectivity index (χ4v) is 3.22. The van der Waals surface area contributed by atoms with E-state index in [1.54, 1.807) is 18.2 Å². The summed E-state index contributed by atoms with van der Waals surface area (Å²) in [4.78, 5) is 0. The van der Waals surface area contributed by atoms with Crippen molar-refractivity contribution in [3.8, 4) is 33.8 Å². The van der Waals surface area contributed by atoms with Crippen molar-refractivity contribution in [1.29, 1.82) is 0 Å². The van der Waals surface area contributed by atoms with Crippen LogP contribution in [0, 0.1) is 0 Å². The molecule has 0 unspecified atom stereocenters. The number of fused-ring (bicyclic) bond motifs is 3. The number of hydrogen-bond donors (Lipinski definition) is 3. The van der Waals surface area contributed by atoms with Gasteiger partial charge in [-0.1, -0.05) is 24.3 Å². The van der Waals surface area contributed by atoms with Gasteiger partial charge in [0.2, 0.25) is 0 Å². The van der Waals surface area contributed by atoms with Crippen LogP contribution in [0.25, 0.3) is 22.3 Å². The third kappa shape index (κ3) is 1.83. The van der Waals surface area contributed by atoms with Crippen LogP contribution < -0.4 is 5.73 Å². The second-order valence-electron chi connectivity index (χ2n) is 5.63. The number of anilines is 1. The number of aromatic hydroxyl groups is 2. The van der Waals surface area contributed by atoms with E-state index in [4.69, 9.17) is 5.73 Å². The van der Waals surface area contributed by atoms with Crippen LogP contribution in [0.2, 0.25) is 0 Å². The molecule has 0 bridgehead atoms. The van der Waals surface area contributed by atoms with Crippen LogP contribution in [-0.2, 0) is 6.42 Å². The summed E-state index contributed by atoms with van der Waals surface area (Å²) < 4.78 is 0. The average molecular weight is 289 g/mol. The minimum absolute atomic E-state index is 0.264. The first-order chi connectivity index (χ1) is 10.6. The largest absolute Gasteiger partial charge is 0.508 e. The number of nitrogens with two attached hydrogens (primary N) is 1. The maximum absolute atomic E-state index is 10.4. The van der Waals surface area contributed by atoms with Gasteiger partial charge >= 0.3 is 0 Å². The predicted molar refractivity (Wildman–Crippen MR) is 87.9 cm³/mol. The maximum atomic E-state index is 10.4. The van der Waals surface area contributed by atoms with E-state index >= 15 is 0 Å². The first-order valence-corrected chi connectivity index (χ1v) is 7.16. The Bertz CT molecular complexity index is 883. The minimum Gasteiger partial charge on any atom is -0.508 e. The Kier molecular flexibility index (Phi) is 2.63. The molecule has 0 atom stereocenters. The lowest BCUT2D eigenvalue weighted by molar-refractivity contribution is 0.475. The first kappa shape index (κ1) is 12.8. The van der Waals surface area contributed by atoms with E-state index in [0.29, 0.717) is 12.1 Å². The normalized spacial score (nSPS) is 12.0. The Balaban J connectivity index is 1.94. The number of phenolic OH excluding ortho intramolecular Hbond substituents is 2. The molecule has 108 valence electrons. The third-order valence-electron chi connectivity index (χ3n) is 4.24. The quantitative estimate of drug-likeness (QED) is 0.465. The number of phenols is 2. The molecular formula is C19H15NO2. The second-order valence-corrected chi connectivity index (χ2v) is 5.63. The van der Waals surface area contributed by atoms with Crippen LogP contribution in [0.4, 0.5) is 5.69 Å². The van der Waals surface area contributed by atoms with Crippen molar-refractivity contribution in [3.05, 3.63) is 65.7 Å². The Labute approximate surface area is 128 Å². The molecule has 3 aromatic carbocycles. The van der Waals surface area contributed by atoms with Crippen LogP contribution in [0.3, 0.4) is 0 Å². The summed E-state index contributed by atoms with van der Waals surface area (Å²) in [5, 5.41) is 20.0. The van der Waals surface area contributed by atoms with E-state index in [-0.39, 0.29) is 11.5 Å². The van der Waals surface area contributed by atoms with Gasteiger partial charge in [-0.2, -0.15) is 0 Å². The van der Waals surface area contributed by atoms with Gasteiger partial charge in [0.05, 0.1) is 0 Å². The molecule has 0 amide bonds. The van der Waals surface area contributed by atoms with Crippen LogP contribution in [0.1, 0.15) is 11.1 Å². The molecule has 1 aliphatic carbocycles. The summed E-state index contributed by atoms with van der Waals surface area (Å²) in [6, 6.07) is 16.6. The topological polar surface area (TPSA) is 66.5 Å². The highest BCUT2D eigenvalue weighted by atomic mass is 16.3. The summed E-state index contributed by atoms with van der Waals surface area (Å²) in [6.45, 7) is 0. The molecule has 0 aliphatic heterocycles. The molecule has 0 spiro atoms. The fourth-order valence-electron chi connectivity index (χ4n) is 3.22. The monoisotopic (exact) mass is 289 g/mol. The summed E-state index contributed by atoms with van der Waals surface area (Å²) in [6.07, 6.45) is 0.702. The molecule has 1 aliphatic rings. The highest BCUT2D eigenvalue weighted by Gasteiger charge is 2.24. The Morgan fingerprint density at radius 2 is 1.55 bits per heavy atom. The van der Waals surface area contributed by atoms with Gasteiger partial charge in [0.25, 0.3) is 0 Å². The fraction of sp³-hybridized carbons (Fsp3) is 0.0526. The highest BCUT2D eigenvalue weighted by molar-refractivity contribution is 5.88. The lowest BCUT2D eigenvalue weighted by Crippen LogP contribution is -1.90. The Morgan fingerprint density at radius 3 is 2.32 bits per heavy atom. The van der Waals surface area contributed by atoms with Crippen molar-refractivity contribution in [2.45, 2.75) is 6.42 Å². The Morgan fingerprint density at radius 1 is 0.818 bits per heavy atom. The van der Waals surface area contributed by atoms with Crippen LogP contribution in [-0.4, -0.2) is 10.2 Å². The van der Waals surface area contributed by atoms with E-state index in [1.165, 1.54) is 0 Å². The zero-order valence-corrected chi connectivity index (χ0v) is 11.9. The second kappa shape index (κ2) is 4.53. The molecule has 3 heteroatoms. The molecular weight excluding hydrogens is 274 g/mol. The van der Waals surface area contributed by atoms with Crippen LogP contribution in [0.15, 0.2) is 54.6 Å². The van der Waals surface area contributed by atoms with Gasteiger partial charge in [-0.25, -0.2) is 0 Å². The summed E-state index contributed by atoms with van der Waals surface area (Å²) in [7, 11) is 0. The lowest BCUT2D eigenvalue weighted by Gasteiger charge is -2.11. The summed E-state index contributed by atoms with van der Waals surface area (Å²) in [5.41, 5.74) is 12.6. The molecule has 3 nitrogen and oxygen atoms in total. The lowest BCUT2D eigenvalue weighted by atomic mass is 9.94. The number of rotatable bonds is 1. The smallest absolute Gasteiger partial charge is 0.123 e. The van der Waals surface area contributed by atoms with Crippen LogP contribution >= 0.6 is 0 Å². The predicted octanol–water partition coefficient (Wildman–Crippen LogP) is 3.92. The number of hydrogen-bond acceptors (Lipinski definition) is 3. The zero-order chi connectivity index (χ0) is 15.3. The molecule has 0 fully saturated rings. The molecule has 0 heterocycles. The Hall–Kier alpha value is -2.94. The van der Waals surface area contributed by atoms with Crippen molar-refractivity contribution in [1.82, 2.24) is 0 Å². The minimum atomic E-state index is 0.264. The van der Waals surface area contributed by atoms with Gasteiger partial charge in [-0.15, -0.1) is 0 Å². The molecule has 4 rings (SSSR count). The van der Waals surface area contributed by atoms with Crippen molar-refractivity contribution in [2.75, 3.05) is 5.73 Å². The van der Waals surface area contributed by atoms with Crippen LogP contribution in [0.5, 0.6) is 11.5 Å². The highest BCUT2D eigenvalue weighted by Crippen LogP contribution is 2.46. The third-order valence-corrected chi connectivity index (χ3v) is 4.24. The molecule has 0 aromatic heterocycles. The molecule has 0 saturated carbocycles. The summed E-state index contributed by atoms with van der Waals surface area (Å²) in [5.74, 6) is 0.533. The van der Waals surface area contributed by atoms with Gasteiger partial charge in [0, 0.05) is 11.3 Å². The standard InChI is InChI=1S/C19H15NO2/c20-13-3-1-11(2-4-13)19-17-10-12-9-14(21)5-6-15(12)16(17)7-8-18(19)22/h1-9,21-22H,10,20H2. The first-order valence-electron chi connectivity index (χ1n) is 7.16. The van der Waals surface area contributed by atoms with Gasteiger partial charge in [-0.3, -0.25) is 0 Å². The van der Waals surface area contributed by atoms with Crippen molar-refractivity contribution < 1.29 is 10.2 Å². The van der Waals surface area contributed by atoms with Crippen molar-refractivity contribution in [2.24, 2.45) is 0 Å². The molecule has 4 N–H and O–H groups in total. The SMILES string of the molecule is Nc1ccc(-c2c(O)ccc3c2Cc2cc(O)ccc2-3)cc1. The zero-order valence-electron chi connectivity index (χ0n) is 11.9. The molecule has 22 heavy (non-hydrogen) atoms. The number of benzene rings is 3. The maximum Gasteiger partial charge on any atom is 0.123 e. The van der Waals surface area contributed by atoms with E-state index in [2.05, 4.69) is 0 Å². The van der Waals surface area contributed by atoms with Gasteiger partial charge in [0.1, 0.15) is 11.5 Å². The molecule has 0 radical (unpaired) electrons. The van der Waals surface area contributed by atoms with Crippen molar-refractivity contribution in [3.63, 3.8) is 0 Å². The van der Waals surface area contributed by atoms with Gasteiger partial charge in [0.15, 0.2) is 0 Å². The van der Waals surface area contributed by atoms with E-state index in [9.17, 15) is 10.2 Å². The molecule has 0 saturated heterocycles. The average Bonchev–Trinajstić information content (AvgIpc) is 2.85.